The SMILES string of the molecule is COc1cc(/C=C/C(=O)OCC(=O)NCCc2c[nH]c3ccccc23)cc(OC)c1. The van der Waals surface area contributed by atoms with Crippen LogP contribution in [-0.2, 0) is 20.7 Å². The van der Waals surface area contributed by atoms with Crippen LogP contribution in [-0.4, -0.2) is 44.2 Å². The van der Waals surface area contributed by atoms with Crippen LogP contribution in [0.3, 0.4) is 0 Å². The molecule has 30 heavy (non-hydrogen) atoms. The van der Waals surface area contributed by atoms with Gasteiger partial charge in [0.25, 0.3) is 5.91 Å². The number of amides is 1. The van der Waals surface area contributed by atoms with E-state index in [4.69, 9.17) is 14.2 Å². The van der Waals surface area contributed by atoms with Crippen molar-refractivity contribution in [1.29, 1.82) is 0 Å². The van der Waals surface area contributed by atoms with Gasteiger partial charge in [-0.2, -0.15) is 0 Å². The number of nitrogens with one attached hydrogen (secondary N) is 2. The zero-order valence-corrected chi connectivity index (χ0v) is 16.9. The van der Waals surface area contributed by atoms with Crippen molar-refractivity contribution in [2.75, 3.05) is 27.4 Å². The number of hydrogen-bond acceptors (Lipinski definition) is 5. The van der Waals surface area contributed by atoms with Crippen molar-refractivity contribution in [3.05, 3.63) is 65.9 Å². The van der Waals surface area contributed by atoms with Crippen molar-refractivity contribution >= 4 is 28.9 Å². The highest BCUT2D eigenvalue weighted by atomic mass is 16.5. The average molecular weight is 408 g/mol. The van der Waals surface area contributed by atoms with E-state index in [0.717, 1.165) is 16.5 Å². The highest BCUT2D eigenvalue weighted by Gasteiger charge is 2.07. The molecular weight excluding hydrogens is 384 g/mol. The minimum Gasteiger partial charge on any atom is -0.497 e. The number of rotatable bonds is 9. The molecule has 0 saturated carbocycles. The van der Waals surface area contributed by atoms with E-state index in [2.05, 4.69) is 10.3 Å². The number of esters is 1. The van der Waals surface area contributed by atoms with E-state index in [-0.39, 0.29) is 12.5 Å². The summed E-state index contributed by atoms with van der Waals surface area (Å²) in [5.74, 6) is 0.261. The van der Waals surface area contributed by atoms with Gasteiger partial charge in [0, 0.05) is 35.8 Å². The maximum atomic E-state index is 11.9. The summed E-state index contributed by atoms with van der Waals surface area (Å²) in [6, 6.07) is 13.2. The number of aromatic amines is 1. The summed E-state index contributed by atoms with van der Waals surface area (Å²) in [6.07, 6.45) is 5.45. The highest BCUT2D eigenvalue weighted by molar-refractivity contribution is 5.89. The van der Waals surface area contributed by atoms with Crippen LogP contribution in [0.25, 0.3) is 17.0 Å². The Morgan fingerprint density at radius 1 is 1.07 bits per heavy atom. The highest BCUT2D eigenvalue weighted by Crippen LogP contribution is 2.23. The minimum absolute atomic E-state index is 0.335. The monoisotopic (exact) mass is 408 g/mol. The van der Waals surface area contributed by atoms with Crippen molar-refractivity contribution in [2.24, 2.45) is 0 Å². The molecule has 0 saturated heterocycles. The summed E-state index contributed by atoms with van der Waals surface area (Å²) in [4.78, 5) is 27.0. The van der Waals surface area contributed by atoms with Gasteiger partial charge in [-0.1, -0.05) is 18.2 Å². The fourth-order valence-corrected chi connectivity index (χ4v) is 3.00. The first kappa shape index (κ1) is 21.0. The molecule has 7 nitrogen and oxygen atoms in total. The van der Waals surface area contributed by atoms with Gasteiger partial charge in [-0.15, -0.1) is 0 Å². The molecule has 3 rings (SSSR count). The standard InChI is InChI=1S/C23H24N2O5/c1-28-18-11-16(12-19(13-18)29-2)7-8-23(27)30-15-22(26)24-10-9-17-14-25-21-6-4-3-5-20(17)21/h3-8,11-14,25H,9-10,15H2,1-2H3,(H,24,26)/b8-7+. The molecule has 0 atom stereocenters. The van der Waals surface area contributed by atoms with Crippen LogP contribution in [0, 0.1) is 0 Å². The van der Waals surface area contributed by atoms with E-state index in [1.807, 2.05) is 30.5 Å². The molecule has 0 aliphatic rings. The third kappa shape index (κ3) is 5.64. The second-order valence-corrected chi connectivity index (χ2v) is 6.55. The topological polar surface area (TPSA) is 89.6 Å². The number of carbonyl (C=O) groups is 2. The maximum absolute atomic E-state index is 11.9. The number of benzene rings is 2. The lowest BCUT2D eigenvalue weighted by molar-refractivity contribution is -0.143. The van der Waals surface area contributed by atoms with E-state index in [1.54, 1.807) is 38.5 Å². The molecule has 7 heteroatoms. The summed E-state index contributed by atoms with van der Waals surface area (Å²) in [5.41, 5.74) is 2.90. The Labute approximate surface area is 174 Å². The first-order valence-electron chi connectivity index (χ1n) is 9.48. The van der Waals surface area contributed by atoms with Crippen LogP contribution in [0.5, 0.6) is 11.5 Å². The number of ether oxygens (including phenoxy) is 3. The van der Waals surface area contributed by atoms with Gasteiger partial charge in [0.15, 0.2) is 6.61 Å². The maximum Gasteiger partial charge on any atom is 0.331 e. The number of carbonyl (C=O) groups excluding carboxylic acids is 2. The van der Waals surface area contributed by atoms with E-state index < -0.39 is 5.97 Å². The Kier molecular flexibility index (Phi) is 7.10. The van der Waals surface area contributed by atoms with Gasteiger partial charge in [-0.25, -0.2) is 4.79 Å². The van der Waals surface area contributed by atoms with Gasteiger partial charge in [0.1, 0.15) is 11.5 Å². The summed E-state index contributed by atoms with van der Waals surface area (Å²) < 4.78 is 15.4. The van der Waals surface area contributed by atoms with Gasteiger partial charge in [0.2, 0.25) is 0 Å². The van der Waals surface area contributed by atoms with Crippen LogP contribution in [0.2, 0.25) is 0 Å². The zero-order chi connectivity index (χ0) is 21.3. The number of aromatic nitrogens is 1. The lowest BCUT2D eigenvalue weighted by atomic mass is 10.1. The molecule has 1 amide bonds. The second-order valence-electron chi connectivity index (χ2n) is 6.55. The summed E-state index contributed by atoms with van der Waals surface area (Å²) in [6.45, 7) is 0.121. The lowest BCUT2D eigenvalue weighted by Gasteiger charge is -2.06. The fourth-order valence-electron chi connectivity index (χ4n) is 3.00. The van der Waals surface area contributed by atoms with Gasteiger partial charge >= 0.3 is 5.97 Å². The van der Waals surface area contributed by atoms with E-state index in [9.17, 15) is 9.59 Å². The number of methoxy groups -OCH3 is 2. The third-order valence-electron chi connectivity index (χ3n) is 4.52. The molecule has 3 aromatic rings. The average Bonchev–Trinajstić information content (AvgIpc) is 3.19. The van der Waals surface area contributed by atoms with Crippen LogP contribution < -0.4 is 14.8 Å². The minimum atomic E-state index is -0.608. The molecule has 0 unspecified atom stereocenters. The molecule has 2 aromatic carbocycles. The van der Waals surface area contributed by atoms with Crippen molar-refractivity contribution < 1.29 is 23.8 Å². The van der Waals surface area contributed by atoms with Crippen molar-refractivity contribution in [2.45, 2.75) is 6.42 Å². The Morgan fingerprint density at radius 3 is 2.53 bits per heavy atom. The molecule has 1 heterocycles. The molecule has 156 valence electrons. The first-order chi connectivity index (χ1) is 14.6. The molecule has 0 aliphatic carbocycles. The predicted octanol–water partition coefficient (Wildman–Crippen LogP) is 3.10. The third-order valence-corrected chi connectivity index (χ3v) is 4.52. The largest absolute Gasteiger partial charge is 0.497 e. The Balaban J connectivity index is 1.43. The zero-order valence-electron chi connectivity index (χ0n) is 16.9. The quantitative estimate of drug-likeness (QED) is 0.420. The normalized spacial score (nSPS) is 10.9. The molecule has 0 bridgehead atoms. The molecule has 2 N–H and O–H groups in total. The second kappa shape index (κ2) is 10.2. The van der Waals surface area contributed by atoms with Gasteiger partial charge in [-0.05, 0) is 41.8 Å². The van der Waals surface area contributed by atoms with Crippen molar-refractivity contribution in [1.82, 2.24) is 10.3 Å². The molecular formula is C23H24N2O5. The number of hydrogen-bond donors (Lipinski definition) is 2. The van der Waals surface area contributed by atoms with Crippen LogP contribution in [0.4, 0.5) is 0 Å². The predicted molar refractivity (Wildman–Crippen MR) is 115 cm³/mol. The van der Waals surface area contributed by atoms with Gasteiger partial charge in [-0.3, -0.25) is 4.79 Å². The van der Waals surface area contributed by atoms with E-state index in [0.29, 0.717) is 30.0 Å². The molecule has 1 aromatic heterocycles. The summed E-state index contributed by atoms with van der Waals surface area (Å²) in [5, 5.41) is 3.89. The summed E-state index contributed by atoms with van der Waals surface area (Å²) in [7, 11) is 3.10. The van der Waals surface area contributed by atoms with Crippen LogP contribution in [0.15, 0.2) is 54.7 Å². The van der Waals surface area contributed by atoms with E-state index in [1.165, 1.54) is 6.08 Å². The van der Waals surface area contributed by atoms with Gasteiger partial charge in [0.05, 0.1) is 14.2 Å². The van der Waals surface area contributed by atoms with Crippen molar-refractivity contribution in [3.8, 4) is 11.5 Å². The Morgan fingerprint density at radius 2 is 1.80 bits per heavy atom. The first-order valence-corrected chi connectivity index (χ1v) is 9.48. The number of para-hydroxylation sites is 1. The lowest BCUT2D eigenvalue weighted by Crippen LogP contribution is -2.30. The van der Waals surface area contributed by atoms with Crippen LogP contribution in [0.1, 0.15) is 11.1 Å². The smallest absolute Gasteiger partial charge is 0.331 e. The molecule has 0 spiro atoms. The number of fused-ring (bicyclic) bond motifs is 1. The van der Waals surface area contributed by atoms with Crippen LogP contribution >= 0.6 is 0 Å². The fraction of sp³-hybridized carbons (Fsp3) is 0.217. The summed E-state index contributed by atoms with van der Waals surface area (Å²) >= 11 is 0. The molecule has 0 radical (unpaired) electrons. The molecule has 0 fully saturated rings. The van der Waals surface area contributed by atoms with E-state index >= 15 is 0 Å². The Hall–Kier alpha value is -3.74. The molecule has 0 aliphatic heterocycles. The number of H-pyrrole nitrogens is 1. The Bertz CT molecular complexity index is 1030. The van der Waals surface area contributed by atoms with Crippen molar-refractivity contribution in [3.63, 3.8) is 0 Å². The van der Waals surface area contributed by atoms with Gasteiger partial charge < -0.3 is 24.5 Å².